The minimum absolute atomic E-state index is 0.0297. The molecule has 2 aromatic rings. The Bertz CT molecular complexity index is 731. The predicted octanol–water partition coefficient (Wildman–Crippen LogP) is 1.61. The summed E-state index contributed by atoms with van der Waals surface area (Å²) in [7, 11) is 0. The van der Waals surface area contributed by atoms with Crippen LogP contribution in [-0.4, -0.2) is 45.0 Å². The van der Waals surface area contributed by atoms with Crippen LogP contribution < -0.4 is 10.2 Å². The molecule has 2 aromatic heterocycles. The van der Waals surface area contributed by atoms with Crippen molar-refractivity contribution < 1.29 is 9.72 Å². The number of anilines is 1. The van der Waals surface area contributed by atoms with Gasteiger partial charge in [-0.25, -0.2) is 9.97 Å². The molecule has 1 atom stereocenters. The first-order valence-corrected chi connectivity index (χ1v) is 8.72. The van der Waals surface area contributed by atoms with Crippen LogP contribution in [0.15, 0.2) is 37.1 Å². The third-order valence-corrected chi connectivity index (χ3v) is 4.51. The predicted molar refractivity (Wildman–Crippen MR) is 95.7 cm³/mol. The summed E-state index contributed by atoms with van der Waals surface area (Å²) in [6.45, 7) is 2.83. The molecular formula is C17H22N6O3. The van der Waals surface area contributed by atoms with Gasteiger partial charge in [-0.2, -0.15) is 0 Å². The summed E-state index contributed by atoms with van der Waals surface area (Å²) in [6.07, 6.45) is 9.25. The van der Waals surface area contributed by atoms with Crippen LogP contribution in [0, 0.1) is 16.0 Å². The van der Waals surface area contributed by atoms with Crippen LogP contribution in [0.1, 0.15) is 19.3 Å². The molecular weight excluding hydrogens is 336 g/mol. The number of pyridine rings is 1. The molecule has 0 unspecified atom stereocenters. The molecule has 1 saturated heterocycles. The quantitative estimate of drug-likeness (QED) is 0.458. The largest absolute Gasteiger partial charge is 0.356 e. The van der Waals surface area contributed by atoms with Gasteiger partial charge in [0, 0.05) is 44.6 Å². The van der Waals surface area contributed by atoms with Crippen molar-refractivity contribution in [3.05, 3.63) is 47.2 Å². The Balaban J connectivity index is 1.47. The lowest BCUT2D eigenvalue weighted by Gasteiger charge is -2.32. The maximum atomic E-state index is 12.4. The molecule has 1 amide bonds. The molecule has 138 valence electrons. The molecule has 26 heavy (non-hydrogen) atoms. The number of carbonyl (C=O) groups is 1. The first kappa shape index (κ1) is 17.8. The van der Waals surface area contributed by atoms with E-state index in [9.17, 15) is 14.9 Å². The van der Waals surface area contributed by atoms with E-state index in [1.54, 1.807) is 18.6 Å². The smallest absolute Gasteiger partial charge is 0.287 e. The van der Waals surface area contributed by atoms with Gasteiger partial charge in [-0.3, -0.25) is 14.9 Å². The van der Waals surface area contributed by atoms with Crippen LogP contribution in [0.2, 0.25) is 0 Å². The third kappa shape index (κ3) is 4.56. The topological polar surface area (TPSA) is 106 Å². The van der Waals surface area contributed by atoms with Crippen LogP contribution >= 0.6 is 0 Å². The van der Waals surface area contributed by atoms with E-state index in [1.807, 2.05) is 15.7 Å². The molecule has 0 saturated carbocycles. The van der Waals surface area contributed by atoms with E-state index in [2.05, 4.69) is 15.3 Å². The fraction of sp³-hybridized carbons (Fsp3) is 0.471. The highest BCUT2D eigenvalue weighted by Crippen LogP contribution is 2.23. The van der Waals surface area contributed by atoms with E-state index in [1.165, 1.54) is 12.3 Å². The Morgan fingerprint density at radius 2 is 2.31 bits per heavy atom. The minimum Gasteiger partial charge on any atom is -0.356 e. The molecule has 0 bridgehead atoms. The van der Waals surface area contributed by atoms with E-state index in [0.29, 0.717) is 18.9 Å². The number of nitrogens with one attached hydrogen (secondary N) is 1. The monoisotopic (exact) mass is 358 g/mol. The molecule has 1 fully saturated rings. The first-order valence-electron chi connectivity index (χ1n) is 8.72. The van der Waals surface area contributed by atoms with E-state index >= 15 is 0 Å². The number of aromatic nitrogens is 3. The third-order valence-electron chi connectivity index (χ3n) is 4.51. The van der Waals surface area contributed by atoms with Crippen molar-refractivity contribution in [2.75, 3.05) is 24.5 Å². The van der Waals surface area contributed by atoms with Crippen molar-refractivity contribution in [1.82, 2.24) is 19.9 Å². The van der Waals surface area contributed by atoms with Gasteiger partial charge in [-0.05, 0) is 25.3 Å². The molecule has 3 rings (SSSR count). The molecule has 9 nitrogen and oxygen atoms in total. The Morgan fingerprint density at radius 3 is 3.00 bits per heavy atom. The van der Waals surface area contributed by atoms with Gasteiger partial charge in [-0.15, -0.1) is 0 Å². The standard InChI is InChI=1S/C17H22N6O3/c24-17(19-6-2-8-21-10-7-18-13-21)14-3-1-9-22(12-14)16-5-4-15(11-20-16)23(25)26/h4-5,7,10-11,13-14H,1-3,6,8-9,12H2,(H,19,24)/t14-/m1/s1. The van der Waals surface area contributed by atoms with Crippen LogP contribution in [0.3, 0.4) is 0 Å². The zero-order chi connectivity index (χ0) is 18.4. The normalized spacial score (nSPS) is 17.1. The summed E-state index contributed by atoms with van der Waals surface area (Å²) in [5.41, 5.74) is -0.0297. The highest BCUT2D eigenvalue weighted by molar-refractivity contribution is 5.79. The first-order chi connectivity index (χ1) is 12.6. The molecule has 1 aliphatic heterocycles. The maximum absolute atomic E-state index is 12.4. The second kappa shape index (κ2) is 8.41. The summed E-state index contributed by atoms with van der Waals surface area (Å²) in [6, 6.07) is 3.09. The molecule has 1 N–H and O–H groups in total. The number of piperidine rings is 1. The number of nitrogens with zero attached hydrogens (tertiary/aromatic N) is 5. The van der Waals surface area contributed by atoms with Gasteiger partial charge in [0.05, 0.1) is 17.2 Å². The maximum Gasteiger partial charge on any atom is 0.287 e. The van der Waals surface area contributed by atoms with Gasteiger partial charge in [-0.1, -0.05) is 0 Å². The fourth-order valence-corrected chi connectivity index (χ4v) is 3.11. The van der Waals surface area contributed by atoms with Crippen molar-refractivity contribution in [3.63, 3.8) is 0 Å². The number of imidazole rings is 1. The number of hydrogen-bond acceptors (Lipinski definition) is 6. The highest BCUT2D eigenvalue weighted by atomic mass is 16.6. The van der Waals surface area contributed by atoms with E-state index in [-0.39, 0.29) is 17.5 Å². The molecule has 0 aromatic carbocycles. The SMILES string of the molecule is O=C(NCCCn1ccnc1)[C@@H]1CCCN(c2ccc([N+](=O)[O-])cn2)C1. The Labute approximate surface area is 151 Å². The Morgan fingerprint density at radius 1 is 1.42 bits per heavy atom. The number of amides is 1. The summed E-state index contributed by atoms with van der Waals surface area (Å²) >= 11 is 0. The Kier molecular flexibility index (Phi) is 5.77. The fourth-order valence-electron chi connectivity index (χ4n) is 3.11. The summed E-state index contributed by atoms with van der Waals surface area (Å²) < 4.78 is 1.98. The van der Waals surface area contributed by atoms with Gasteiger partial charge in [0.2, 0.25) is 5.91 Å². The lowest BCUT2D eigenvalue weighted by molar-refractivity contribution is -0.385. The van der Waals surface area contributed by atoms with Gasteiger partial charge in [0.15, 0.2) is 0 Å². The minimum atomic E-state index is -0.465. The summed E-state index contributed by atoms with van der Waals surface area (Å²) in [5, 5.41) is 13.7. The van der Waals surface area contributed by atoms with Crippen molar-refractivity contribution in [2.24, 2.45) is 5.92 Å². The molecule has 1 aliphatic rings. The summed E-state index contributed by atoms with van der Waals surface area (Å²) in [4.78, 5) is 32.8. The van der Waals surface area contributed by atoms with Gasteiger partial charge >= 0.3 is 0 Å². The molecule has 0 aliphatic carbocycles. The number of rotatable bonds is 7. The van der Waals surface area contributed by atoms with E-state index < -0.39 is 4.92 Å². The van der Waals surface area contributed by atoms with Gasteiger partial charge < -0.3 is 14.8 Å². The molecule has 0 radical (unpaired) electrons. The zero-order valence-electron chi connectivity index (χ0n) is 14.5. The van der Waals surface area contributed by atoms with Crippen molar-refractivity contribution in [2.45, 2.75) is 25.8 Å². The zero-order valence-corrected chi connectivity index (χ0v) is 14.5. The van der Waals surface area contributed by atoms with Gasteiger partial charge in [0.1, 0.15) is 12.0 Å². The molecule has 3 heterocycles. The van der Waals surface area contributed by atoms with Crippen molar-refractivity contribution in [3.8, 4) is 0 Å². The van der Waals surface area contributed by atoms with Crippen molar-refractivity contribution >= 4 is 17.4 Å². The lowest BCUT2D eigenvalue weighted by Crippen LogP contribution is -2.43. The molecule has 0 spiro atoms. The highest BCUT2D eigenvalue weighted by Gasteiger charge is 2.26. The Hall–Kier alpha value is -2.97. The average Bonchev–Trinajstić information content (AvgIpc) is 3.19. The van der Waals surface area contributed by atoms with E-state index in [4.69, 9.17) is 0 Å². The number of aryl methyl sites for hydroxylation is 1. The van der Waals surface area contributed by atoms with Gasteiger partial charge in [0.25, 0.3) is 5.69 Å². The number of carbonyl (C=O) groups excluding carboxylic acids is 1. The second-order valence-electron chi connectivity index (χ2n) is 6.36. The van der Waals surface area contributed by atoms with Crippen LogP contribution in [0.4, 0.5) is 11.5 Å². The lowest BCUT2D eigenvalue weighted by atomic mass is 9.97. The average molecular weight is 358 g/mol. The number of hydrogen-bond donors (Lipinski definition) is 1. The van der Waals surface area contributed by atoms with Crippen LogP contribution in [-0.2, 0) is 11.3 Å². The molecule has 9 heteroatoms. The van der Waals surface area contributed by atoms with Crippen LogP contribution in [0.5, 0.6) is 0 Å². The van der Waals surface area contributed by atoms with E-state index in [0.717, 1.165) is 32.4 Å². The number of nitro groups is 1. The summed E-state index contributed by atoms with van der Waals surface area (Å²) in [5.74, 6) is 0.643. The van der Waals surface area contributed by atoms with Crippen LogP contribution in [0.25, 0.3) is 0 Å². The van der Waals surface area contributed by atoms with Crippen molar-refractivity contribution in [1.29, 1.82) is 0 Å². The second-order valence-corrected chi connectivity index (χ2v) is 6.36.